The molecule has 1 saturated carbocycles. The molecule has 1 aliphatic carbocycles. The van der Waals surface area contributed by atoms with Crippen molar-refractivity contribution < 1.29 is 0 Å². The number of hydrogen-bond donors (Lipinski definition) is 0. The zero-order valence-electron chi connectivity index (χ0n) is 8.59. The molecule has 0 N–H and O–H groups in total. The van der Waals surface area contributed by atoms with Crippen LogP contribution in [0.15, 0.2) is 0 Å². The fourth-order valence-corrected chi connectivity index (χ4v) is 2.84. The van der Waals surface area contributed by atoms with Crippen LogP contribution in [0.1, 0.15) is 27.2 Å². The van der Waals surface area contributed by atoms with Crippen molar-refractivity contribution in [1.29, 1.82) is 0 Å². The molecular formula is C10H21B. The Hall–Kier alpha value is 0.0649. The first-order valence-corrected chi connectivity index (χ1v) is 5.04. The van der Waals surface area contributed by atoms with E-state index in [9.17, 15) is 0 Å². The van der Waals surface area contributed by atoms with Gasteiger partial charge in [-0.3, -0.25) is 0 Å². The van der Waals surface area contributed by atoms with Gasteiger partial charge in [0.25, 0.3) is 0 Å². The molecular weight excluding hydrogens is 131 g/mol. The molecule has 1 aliphatic rings. The maximum Gasteiger partial charge on any atom is 0.137 e. The second-order valence-corrected chi connectivity index (χ2v) is 4.94. The Morgan fingerprint density at radius 2 is 1.82 bits per heavy atom. The van der Waals surface area contributed by atoms with Crippen LogP contribution in [-0.4, -0.2) is 6.71 Å². The fourth-order valence-electron chi connectivity index (χ4n) is 2.84. The maximum absolute atomic E-state index is 2.41. The van der Waals surface area contributed by atoms with E-state index < -0.39 is 0 Å². The molecule has 0 bridgehead atoms. The molecule has 0 spiro atoms. The smallest absolute Gasteiger partial charge is 0.0861 e. The zero-order chi connectivity index (χ0) is 8.59. The summed E-state index contributed by atoms with van der Waals surface area (Å²) in [6.07, 6.45) is 1.47. The van der Waals surface area contributed by atoms with E-state index in [1.54, 1.807) is 0 Å². The summed E-state index contributed by atoms with van der Waals surface area (Å²) in [5, 5.41) is 0. The Balaban J connectivity index is 2.48. The molecule has 11 heavy (non-hydrogen) atoms. The molecule has 0 radical (unpaired) electrons. The summed E-state index contributed by atoms with van der Waals surface area (Å²) < 4.78 is 0. The molecule has 0 saturated heterocycles. The van der Waals surface area contributed by atoms with Crippen molar-refractivity contribution in [3.63, 3.8) is 0 Å². The van der Waals surface area contributed by atoms with Gasteiger partial charge in [0.05, 0.1) is 0 Å². The van der Waals surface area contributed by atoms with E-state index in [1.807, 2.05) is 0 Å². The molecule has 0 aromatic rings. The molecule has 2 unspecified atom stereocenters. The Kier molecular flexibility index (Phi) is 2.67. The van der Waals surface area contributed by atoms with Crippen molar-refractivity contribution in [2.75, 3.05) is 0 Å². The average Bonchev–Trinajstić information content (AvgIpc) is 1.80. The first-order chi connectivity index (χ1) is 5.04. The summed E-state index contributed by atoms with van der Waals surface area (Å²) in [7, 11) is 0. The van der Waals surface area contributed by atoms with Gasteiger partial charge in [-0.1, -0.05) is 46.7 Å². The number of rotatable bonds is 2. The van der Waals surface area contributed by atoms with E-state index in [4.69, 9.17) is 0 Å². The lowest BCUT2D eigenvalue weighted by molar-refractivity contribution is 0.136. The van der Waals surface area contributed by atoms with Crippen LogP contribution in [0.4, 0.5) is 0 Å². The largest absolute Gasteiger partial charge is 0.137 e. The third kappa shape index (κ3) is 1.63. The summed E-state index contributed by atoms with van der Waals surface area (Å²) in [6, 6.07) is 0. The van der Waals surface area contributed by atoms with Crippen molar-refractivity contribution in [1.82, 2.24) is 0 Å². The van der Waals surface area contributed by atoms with E-state index >= 15 is 0 Å². The average molecular weight is 152 g/mol. The second kappa shape index (κ2) is 3.20. The van der Waals surface area contributed by atoms with E-state index in [2.05, 4.69) is 34.4 Å². The molecule has 0 heterocycles. The third-order valence-electron chi connectivity index (χ3n) is 3.42. The van der Waals surface area contributed by atoms with Crippen LogP contribution in [0.5, 0.6) is 0 Å². The SMILES string of the molecule is CB(C)C1CC(C)[C@H]1C(C)C. The lowest BCUT2D eigenvalue weighted by Gasteiger charge is -2.47. The lowest BCUT2D eigenvalue weighted by Crippen LogP contribution is -2.40. The molecule has 0 aliphatic heterocycles. The van der Waals surface area contributed by atoms with E-state index in [0.29, 0.717) is 0 Å². The molecule has 0 nitrogen and oxygen atoms in total. The van der Waals surface area contributed by atoms with E-state index in [0.717, 1.165) is 30.3 Å². The minimum absolute atomic E-state index is 0.895. The minimum Gasteiger partial charge on any atom is -0.0861 e. The van der Waals surface area contributed by atoms with Crippen LogP contribution >= 0.6 is 0 Å². The van der Waals surface area contributed by atoms with Crippen LogP contribution in [0.25, 0.3) is 0 Å². The van der Waals surface area contributed by atoms with Crippen LogP contribution in [0.3, 0.4) is 0 Å². The Labute approximate surface area is 71.8 Å². The van der Waals surface area contributed by atoms with Gasteiger partial charge in [0, 0.05) is 0 Å². The van der Waals surface area contributed by atoms with Crippen molar-refractivity contribution in [3.05, 3.63) is 0 Å². The highest BCUT2D eigenvalue weighted by Crippen LogP contribution is 2.50. The summed E-state index contributed by atoms with van der Waals surface area (Å²) in [5.74, 6) is 3.91. The molecule has 0 aromatic heterocycles. The first-order valence-electron chi connectivity index (χ1n) is 5.04. The highest BCUT2D eigenvalue weighted by atomic mass is 14.4. The summed E-state index contributed by atoms with van der Waals surface area (Å²) >= 11 is 0. The van der Waals surface area contributed by atoms with Crippen LogP contribution in [0.2, 0.25) is 19.5 Å². The molecule has 64 valence electrons. The highest BCUT2D eigenvalue weighted by Gasteiger charge is 2.41. The standard InChI is InChI=1S/C10H21B/c1-7(2)10-8(3)6-9(10)11(4)5/h7-10H,6H2,1-5H3/t8?,9?,10-/m1/s1. The highest BCUT2D eigenvalue weighted by molar-refractivity contribution is 6.57. The zero-order valence-corrected chi connectivity index (χ0v) is 8.59. The van der Waals surface area contributed by atoms with Crippen molar-refractivity contribution in [2.24, 2.45) is 17.8 Å². The topological polar surface area (TPSA) is 0 Å². The quantitative estimate of drug-likeness (QED) is 0.532. The minimum atomic E-state index is 0.895. The molecule has 0 aromatic carbocycles. The van der Waals surface area contributed by atoms with E-state index in [-0.39, 0.29) is 0 Å². The summed E-state index contributed by atoms with van der Waals surface area (Å²) in [4.78, 5) is 0. The number of hydrogen-bond acceptors (Lipinski definition) is 0. The summed E-state index contributed by atoms with van der Waals surface area (Å²) in [5.41, 5.74) is 0. The van der Waals surface area contributed by atoms with Gasteiger partial charge in [0.2, 0.25) is 0 Å². The molecule has 1 rings (SSSR count). The van der Waals surface area contributed by atoms with Crippen molar-refractivity contribution >= 4 is 6.71 Å². The molecule has 1 heteroatoms. The van der Waals surface area contributed by atoms with Gasteiger partial charge in [-0.25, -0.2) is 0 Å². The molecule has 1 fully saturated rings. The second-order valence-electron chi connectivity index (χ2n) is 4.94. The van der Waals surface area contributed by atoms with Gasteiger partial charge >= 0.3 is 0 Å². The molecule has 3 atom stereocenters. The molecule has 0 amide bonds. The monoisotopic (exact) mass is 152 g/mol. The van der Waals surface area contributed by atoms with Crippen molar-refractivity contribution in [3.8, 4) is 0 Å². The third-order valence-corrected chi connectivity index (χ3v) is 3.42. The first kappa shape index (κ1) is 9.16. The van der Waals surface area contributed by atoms with Gasteiger partial charge < -0.3 is 0 Å². The van der Waals surface area contributed by atoms with Gasteiger partial charge in [-0.05, 0) is 17.8 Å². The maximum atomic E-state index is 2.41. The van der Waals surface area contributed by atoms with Gasteiger partial charge in [-0.2, -0.15) is 0 Å². The van der Waals surface area contributed by atoms with Crippen LogP contribution < -0.4 is 0 Å². The van der Waals surface area contributed by atoms with Gasteiger partial charge in [-0.15, -0.1) is 0 Å². The van der Waals surface area contributed by atoms with E-state index in [1.165, 1.54) is 6.42 Å². The van der Waals surface area contributed by atoms with Crippen LogP contribution in [-0.2, 0) is 0 Å². The van der Waals surface area contributed by atoms with Crippen molar-refractivity contribution in [2.45, 2.75) is 46.7 Å². The Morgan fingerprint density at radius 1 is 1.27 bits per heavy atom. The summed E-state index contributed by atoms with van der Waals surface area (Å²) in [6.45, 7) is 12.8. The normalized spacial score (nSPS) is 37.1. The predicted octanol–water partition coefficient (Wildman–Crippen LogP) is 3.42. The van der Waals surface area contributed by atoms with Gasteiger partial charge in [0.1, 0.15) is 6.71 Å². The van der Waals surface area contributed by atoms with Crippen LogP contribution in [0, 0.1) is 17.8 Å². The van der Waals surface area contributed by atoms with Gasteiger partial charge in [0.15, 0.2) is 0 Å². The predicted molar refractivity (Wildman–Crippen MR) is 53.3 cm³/mol. The fraction of sp³-hybridized carbons (Fsp3) is 1.00. The Morgan fingerprint density at radius 3 is 2.00 bits per heavy atom. The lowest BCUT2D eigenvalue weighted by atomic mass is 9.33. The Bertz CT molecular complexity index is 124.